The van der Waals surface area contributed by atoms with Gasteiger partial charge >= 0.3 is 0 Å². The largest absolute Gasteiger partial charge is 0.326 e. The summed E-state index contributed by atoms with van der Waals surface area (Å²) in [6.45, 7) is 5.07. The Morgan fingerprint density at radius 1 is 1.10 bits per heavy atom. The van der Waals surface area contributed by atoms with E-state index >= 15 is 0 Å². The minimum absolute atomic E-state index is 0.0804. The van der Waals surface area contributed by atoms with Gasteiger partial charge in [0.1, 0.15) is 0 Å². The minimum atomic E-state index is -3.59. The van der Waals surface area contributed by atoms with Crippen LogP contribution < -0.4 is 5.32 Å². The van der Waals surface area contributed by atoms with E-state index in [2.05, 4.69) is 5.32 Å². The Morgan fingerprint density at radius 2 is 1.74 bits per heavy atom. The molecule has 0 aliphatic carbocycles. The highest BCUT2D eigenvalue weighted by Crippen LogP contribution is 2.33. The van der Waals surface area contributed by atoms with Crippen LogP contribution in [0.4, 0.5) is 5.69 Å². The van der Waals surface area contributed by atoms with Crippen molar-refractivity contribution in [3.63, 3.8) is 0 Å². The standard InChI is InChI=1S/C23H27N3O4S/c1-16(2)25(4)31(29,30)20-11-9-19(10-12-20)24-23(28)15-22-21-8-6-5-7-18(21)13-14-26(22)17(3)27/h5-14,16,22H,15H2,1-4H3,(H,24,28)/t22-/m0/s1. The van der Waals surface area contributed by atoms with Gasteiger partial charge in [-0.25, -0.2) is 8.42 Å². The van der Waals surface area contributed by atoms with Crippen molar-refractivity contribution in [2.75, 3.05) is 12.4 Å². The topological polar surface area (TPSA) is 86.8 Å². The monoisotopic (exact) mass is 441 g/mol. The number of benzene rings is 2. The van der Waals surface area contributed by atoms with Gasteiger partial charge in [0.25, 0.3) is 0 Å². The summed E-state index contributed by atoms with van der Waals surface area (Å²) in [4.78, 5) is 26.5. The van der Waals surface area contributed by atoms with Gasteiger partial charge in [-0.05, 0) is 55.3 Å². The predicted octanol–water partition coefficient (Wildman–Crippen LogP) is 3.62. The number of nitrogens with one attached hydrogen (secondary N) is 1. The number of hydrogen-bond donors (Lipinski definition) is 1. The van der Waals surface area contributed by atoms with E-state index in [4.69, 9.17) is 0 Å². The van der Waals surface area contributed by atoms with Gasteiger partial charge in [0.15, 0.2) is 0 Å². The Bertz CT molecular complexity index is 1110. The maximum Gasteiger partial charge on any atom is 0.243 e. The summed E-state index contributed by atoms with van der Waals surface area (Å²) < 4.78 is 26.5. The molecular formula is C23H27N3O4S. The molecule has 0 radical (unpaired) electrons. The highest BCUT2D eigenvalue weighted by atomic mass is 32.2. The zero-order valence-corrected chi connectivity index (χ0v) is 18.9. The van der Waals surface area contributed by atoms with Gasteiger partial charge in [0, 0.05) is 31.9 Å². The molecule has 1 heterocycles. The molecule has 0 saturated heterocycles. The maximum absolute atomic E-state index is 12.7. The fourth-order valence-electron chi connectivity index (χ4n) is 3.45. The molecule has 3 rings (SSSR count). The Balaban J connectivity index is 1.75. The van der Waals surface area contributed by atoms with Crippen LogP contribution in [-0.4, -0.2) is 42.5 Å². The second-order valence-electron chi connectivity index (χ2n) is 7.78. The fraction of sp³-hybridized carbons (Fsp3) is 0.304. The van der Waals surface area contributed by atoms with Crippen molar-refractivity contribution in [3.8, 4) is 0 Å². The van der Waals surface area contributed by atoms with Crippen LogP contribution in [0, 0.1) is 0 Å². The van der Waals surface area contributed by atoms with Gasteiger partial charge in [-0.15, -0.1) is 0 Å². The molecular weight excluding hydrogens is 414 g/mol. The molecule has 2 amide bonds. The number of nitrogens with zero attached hydrogens (tertiary/aromatic N) is 2. The fourth-order valence-corrected chi connectivity index (χ4v) is 4.82. The van der Waals surface area contributed by atoms with Gasteiger partial charge < -0.3 is 10.2 Å². The molecule has 31 heavy (non-hydrogen) atoms. The third-order valence-corrected chi connectivity index (χ3v) is 7.44. The number of amides is 2. The molecule has 2 aromatic rings. The van der Waals surface area contributed by atoms with Gasteiger partial charge in [-0.2, -0.15) is 4.31 Å². The number of hydrogen-bond acceptors (Lipinski definition) is 4. The first kappa shape index (κ1) is 22.7. The molecule has 1 atom stereocenters. The lowest BCUT2D eigenvalue weighted by Crippen LogP contribution is -2.33. The Labute approximate surface area is 183 Å². The number of sulfonamides is 1. The summed E-state index contributed by atoms with van der Waals surface area (Å²) in [5.41, 5.74) is 2.38. The summed E-state index contributed by atoms with van der Waals surface area (Å²) in [6, 6.07) is 13.2. The van der Waals surface area contributed by atoms with Crippen molar-refractivity contribution in [1.29, 1.82) is 0 Å². The molecule has 0 aromatic heterocycles. The Morgan fingerprint density at radius 3 is 2.35 bits per heavy atom. The summed E-state index contributed by atoms with van der Waals surface area (Å²) in [5, 5.41) is 2.80. The molecule has 0 fully saturated rings. The van der Waals surface area contributed by atoms with Gasteiger partial charge in [-0.3, -0.25) is 9.59 Å². The van der Waals surface area contributed by atoms with Crippen molar-refractivity contribution in [3.05, 3.63) is 65.9 Å². The van der Waals surface area contributed by atoms with Crippen LogP contribution in [0.25, 0.3) is 6.08 Å². The first-order chi connectivity index (χ1) is 14.6. The molecule has 1 aliphatic heterocycles. The molecule has 0 unspecified atom stereocenters. The van der Waals surface area contributed by atoms with Crippen LogP contribution in [0.5, 0.6) is 0 Å². The van der Waals surface area contributed by atoms with Gasteiger partial charge in [0.05, 0.1) is 17.4 Å². The first-order valence-electron chi connectivity index (χ1n) is 10.0. The molecule has 0 saturated carbocycles. The number of carbonyl (C=O) groups excluding carboxylic acids is 2. The third-order valence-electron chi connectivity index (χ3n) is 5.39. The van der Waals surface area contributed by atoms with Crippen molar-refractivity contribution in [2.24, 2.45) is 0 Å². The van der Waals surface area contributed by atoms with Crippen LogP contribution in [0.3, 0.4) is 0 Å². The highest BCUT2D eigenvalue weighted by molar-refractivity contribution is 7.89. The van der Waals surface area contributed by atoms with E-state index in [0.717, 1.165) is 11.1 Å². The second-order valence-corrected chi connectivity index (χ2v) is 9.78. The zero-order chi connectivity index (χ0) is 22.8. The van der Waals surface area contributed by atoms with Crippen molar-refractivity contribution in [2.45, 2.75) is 44.2 Å². The lowest BCUT2D eigenvalue weighted by atomic mass is 9.93. The normalized spacial score (nSPS) is 15.8. The summed E-state index contributed by atoms with van der Waals surface area (Å²) in [5.74, 6) is -0.413. The van der Waals surface area contributed by atoms with Crippen LogP contribution in [-0.2, 0) is 19.6 Å². The second kappa shape index (κ2) is 9.03. The molecule has 2 aromatic carbocycles. The third kappa shape index (κ3) is 4.86. The van der Waals surface area contributed by atoms with Crippen molar-refractivity contribution >= 4 is 33.6 Å². The van der Waals surface area contributed by atoms with E-state index in [-0.39, 0.29) is 29.2 Å². The smallest absolute Gasteiger partial charge is 0.243 e. The SMILES string of the molecule is CC(=O)N1C=Cc2ccccc2[C@@H]1CC(=O)Nc1ccc(S(=O)(=O)N(C)C(C)C)cc1. The van der Waals surface area contributed by atoms with E-state index in [1.165, 1.54) is 30.4 Å². The van der Waals surface area contributed by atoms with Crippen molar-refractivity contribution < 1.29 is 18.0 Å². The highest BCUT2D eigenvalue weighted by Gasteiger charge is 2.28. The quantitative estimate of drug-likeness (QED) is 0.742. The number of anilines is 1. The van der Waals surface area contributed by atoms with Crippen molar-refractivity contribution in [1.82, 2.24) is 9.21 Å². The average Bonchev–Trinajstić information content (AvgIpc) is 2.73. The molecule has 0 spiro atoms. The predicted molar refractivity (Wildman–Crippen MR) is 121 cm³/mol. The number of fused-ring (bicyclic) bond motifs is 1. The van der Waals surface area contributed by atoms with Crippen LogP contribution in [0.15, 0.2) is 59.6 Å². The summed E-state index contributed by atoms with van der Waals surface area (Å²) in [7, 11) is -2.05. The van der Waals surface area contributed by atoms with Gasteiger partial charge in [0.2, 0.25) is 21.8 Å². The zero-order valence-electron chi connectivity index (χ0n) is 18.1. The lowest BCUT2D eigenvalue weighted by Gasteiger charge is -2.32. The molecule has 7 nitrogen and oxygen atoms in total. The first-order valence-corrected chi connectivity index (χ1v) is 11.5. The van der Waals surface area contributed by atoms with E-state index < -0.39 is 16.1 Å². The summed E-state index contributed by atoms with van der Waals surface area (Å²) >= 11 is 0. The number of carbonyl (C=O) groups is 2. The molecule has 1 N–H and O–H groups in total. The van der Waals surface area contributed by atoms with Crippen LogP contribution in [0.2, 0.25) is 0 Å². The van der Waals surface area contributed by atoms with E-state index in [1.54, 1.807) is 37.1 Å². The molecule has 8 heteroatoms. The van der Waals surface area contributed by atoms with E-state index in [9.17, 15) is 18.0 Å². The van der Waals surface area contributed by atoms with Gasteiger partial charge in [-0.1, -0.05) is 24.3 Å². The average molecular weight is 442 g/mol. The van der Waals surface area contributed by atoms with Crippen LogP contribution >= 0.6 is 0 Å². The maximum atomic E-state index is 12.7. The molecule has 1 aliphatic rings. The summed E-state index contributed by atoms with van der Waals surface area (Å²) in [6.07, 6.45) is 3.64. The molecule has 164 valence electrons. The number of rotatable bonds is 6. The Hall–Kier alpha value is -2.97. The van der Waals surface area contributed by atoms with E-state index in [1.807, 2.05) is 30.3 Å². The minimum Gasteiger partial charge on any atom is -0.326 e. The lowest BCUT2D eigenvalue weighted by molar-refractivity contribution is -0.129. The van der Waals surface area contributed by atoms with E-state index in [0.29, 0.717) is 5.69 Å². The Kier molecular flexibility index (Phi) is 6.62. The molecule has 0 bridgehead atoms. The van der Waals surface area contributed by atoms with Crippen LogP contribution in [0.1, 0.15) is 44.4 Å².